The van der Waals surface area contributed by atoms with Gasteiger partial charge in [0.25, 0.3) is 5.91 Å². The first-order valence-corrected chi connectivity index (χ1v) is 8.89. The lowest BCUT2D eigenvalue weighted by atomic mass is 10.1. The van der Waals surface area contributed by atoms with Crippen LogP contribution in [0.15, 0.2) is 46.4 Å². The Labute approximate surface area is 166 Å². The van der Waals surface area contributed by atoms with Crippen molar-refractivity contribution in [3.63, 3.8) is 0 Å². The van der Waals surface area contributed by atoms with Crippen LogP contribution in [0.1, 0.15) is 12.5 Å². The zero-order valence-corrected chi connectivity index (χ0v) is 16.8. The molecule has 0 fully saturated rings. The Balaban J connectivity index is 2.31. The third-order valence-corrected chi connectivity index (χ3v) is 4.13. The van der Waals surface area contributed by atoms with Crippen LogP contribution in [0.5, 0.6) is 17.2 Å². The SMILES string of the molecule is CCOc1cc(/C=C(\C#N)C(=O)Nc2cccc(OC)c2)cc(Br)c1OC. The summed E-state index contributed by atoms with van der Waals surface area (Å²) in [5, 5.41) is 12.1. The monoisotopic (exact) mass is 430 g/mol. The van der Waals surface area contributed by atoms with Gasteiger partial charge in [0.15, 0.2) is 11.5 Å². The molecule has 0 aliphatic heterocycles. The molecule has 1 amide bonds. The first-order chi connectivity index (χ1) is 13.0. The Morgan fingerprint density at radius 1 is 1.26 bits per heavy atom. The van der Waals surface area contributed by atoms with Crippen molar-refractivity contribution in [3.8, 4) is 23.3 Å². The molecule has 0 saturated carbocycles. The molecular weight excluding hydrogens is 412 g/mol. The Kier molecular flexibility index (Phi) is 7.26. The van der Waals surface area contributed by atoms with E-state index < -0.39 is 5.91 Å². The summed E-state index contributed by atoms with van der Waals surface area (Å²) in [5.41, 5.74) is 1.12. The quantitative estimate of drug-likeness (QED) is 0.519. The van der Waals surface area contributed by atoms with Gasteiger partial charge in [0.2, 0.25) is 0 Å². The predicted molar refractivity (Wildman–Crippen MR) is 107 cm³/mol. The van der Waals surface area contributed by atoms with Gasteiger partial charge in [0.05, 0.1) is 25.3 Å². The van der Waals surface area contributed by atoms with E-state index in [0.717, 1.165) is 0 Å². The third-order valence-electron chi connectivity index (χ3n) is 3.54. The number of hydrogen-bond donors (Lipinski definition) is 1. The van der Waals surface area contributed by atoms with Crippen molar-refractivity contribution in [2.24, 2.45) is 0 Å². The van der Waals surface area contributed by atoms with Crippen LogP contribution in [0.25, 0.3) is 6.08 Å². The number of carbonyl (C=O) groups is 1. The van der Waals surface area contributed by atoms with Gasteiger partial charge in [-0.15, -0.1) is 0 Å². The number of ether oxygens (including phenoxy) is 3. The number of hydrogen-bond acceptors (Lipinski definition) is 5. The van der Waals surface area contributed by atoms with Crippen molar-refractivity contribution < 1.29 is 19.0 Å². The minimum atomic E-state index is -0.518. The van der Waals surface area contributed by atoms with Crippen LogP contribution in [0, 0.1) is 11.3 Å². The van der Waals surface area contributed by atoms with Crippen LogP contribution >= 0.6 is 15.9 Å². The summed E-state index contributed by atoms with van der Waals surface area (Å²) >= 11 is 3.42. The zero-order valence-electron chi connectivity index (χ0n) is 15.2. The molecule has 2 aromatic carbocycles. The molecule has 0 saturated heterocycles. The van der Waals surface area contributed by atoms with Crippen molar-refractivity contribution in [2.45, 2.75) is 6.92 Å². The molecule has 1 N–H and O–H groups in total. The highest BCUT2D eigenvalue weighted by atomic mass is 79.9. The molecule has 0 unspecified atom stereocenters. The fraction of sp³-hybridized carbons (Fsp3) is 0.200. The maximum absolute atomic E-state index is 12.5. The molecule has 0 bridgehead atoms. The molecule has 0 aliphatic rings. The van der Waals surface area contributed by atoms with Crippen molar-refractivity contribution in [2.75, 3.05) is 26.1 Å². The first-order valence-electron chi connectivity index (χ1n) is 8.09. The van der Waals surface area contributed by atoms with Gasteiger partial charge in [-0.3, -0.25) is 4.79 Å². The Hall–Kier alpha value is -2.98. The van der Waals surface area contributed by atoms with Crippen LogP contribution in [0.3, 0.4) is 0 Å². The Bertz CT molecular complexity index is 903. The van der Waals surface area contributed by atoms with Crippen molar-refractivity contribution >= 4 is 33.6 Å². The van der Waals surface area contributed by atoms with E-state index in [1.54, 1.807) is 50.6 Å². The number of nitrogens with zero attached hydrogens (tertiary/aromatic N) is 1. The summed E-state index contributed by atoms with van der Waals surface area (Å²) in [6, 6.07) is 12.3. The molecule has 0 atom stereocenters. The summed E-state index contributed by atoms with van der Waals surface area (Å²) in [6.07, 6.45) is 1.49. The van der Waals surface area contributed by atoms with E-state index in [0.29, 0.717) is 39.6 Å². The summed E-state index contributed by atoms with van der Waals surface area (Å²) in [5.74, 6) is 1.16. The van der Waals surface area contributed by atoms with Crippen LogP contribution < -0.4 is 19.5 Å². The maximum atomic E-state index is 12.5. The molecule has 0 aromatic heterocycles. The van der Waals surface area contributed by atoms with E-state index in [-0.39, 0.29) is 5.57 Å². The van der Waals surface area contributed by atoms with Crippen LogP contribution in [0.2, 0.25) is 0 Å². The second kappa shape index (κ2) is 9.64. The van der Waals surface area contributed by atoms with Gasteiger partial charge in [-0.2, -0.15) is 5.26 Å². The second-order valence-electron chi connectivity index (χ2n) is 5.32. The lowest BCUT2D eigenvalue weighted by molar-refractivity contribution is -0.112. The van der Waals surface area contributed by atoms with Gasteiger partial charge in [0.1, 0.15) is 17.4 Å². The summed E-state index contributed by atoms with van der Waals surface area (Å²) in [7, 11) is 3.08. The molecule has 2 aromatic rings. The van der Waals surface area contributed by atoms with Crippen LogP contribution in [-0.4, -0.2) is 26.7 Å². The lowest BCUT2D eigenvalue weighted by Gasteiger charge is -2.12. The average molecular weight is 431 g/mol. The number of halogens is 1. The molecule has 7 heteroatoms. The molecule has 0 spiro atoms. The Morgan fingerprint density at radius 3 is 2.67 bits per heavy atom. The second-order valence-corrected chi connectivity index (χ2v) is 6.18. The number of methoxy groups -OCH3 is 2. The van der Waals surface area contributed by atoms with Crippen molar-refractivity contribution in [1.29, 1.82) is 5.26 Å². The number of rotatable bonds is 7. The van der Waals surface area contributed by atoms with Crippen molar-refractivity contribution in [1.82, 2.24) is 0 Å². The molecule has 140 valence electrons. The fourth-order valence-corrected chi connectivity index (χ4v) is 2.97. The Morgan fingerprint density at radius 2 is 2.04 bits per heavy atom. The number of benzene rings is 2. The molecule has 27 heavy (non-hydrogen) atoms. The molecule has 0 heterocycles. The van der Waals surface area contributed by atoms with Crippen molar-refractivity contribution in [3.05, 3.63) is 52.0 Å². The van der Waals surface area contributed by atoms with E-state index in [2.05, 4.69) is 21.2 Å². The highest BCUT2D eigenvalue weighted by molar-refractivity contribution is 9.10. The van der Waals surface area contributed by atoms with Gasteiger partial charge in [-0.05, 0) is 58.8 Å². The molecule has 2 rings (SSSR count). The van der Waals surface area contributed by atoms with E-state index >= 15 is 0 Å². The molecular formula is C20H19BrN2O4. The van der Waals surface area contributed by atoms with E-state index in [1.807, 2.05) is 13.0 Å². The normalized spacial score (nSPS) is 10.7. The molecule has 0 aliphatic carbocycles. The largest absolute Gasteiger partial charge is 0.497 e. The minimum Gasteiger partial charge on any atom is -0.497 e. The van der Waals surface area contributed by atoms with E-state index in [4.69, 9.17) is 14.2 Å². The number of amides is 1. The zero-order chi connectivity index (χ0) is 19.8. The average Bonchev–Trinajstić information content (AvgIpc) is 2.66. The van der Waals surface area contributed by atoms with Gasteiger partial charge < -0.3 is 19.5 Å². The number of carbonyl (C=O) groups excluding carboxylic acids is 1. The first kappa shape index (κ1) is 20.3. The topological polar surface area (TPSA) is 80.6 Å². The number of nitrogens with one attached hydrogen (secondary N) is 1. The maximum Gasteiger partial charge on any atom is 0.266 e. The smallest absolute Gasteiger partial charge is 0.266 e. The van der Waals surface area contributed by atoms with Crippen LogP contribution in [0.4, 0.5) is 5.69 Å². The van der Waals surface area contributed by atoms with Gasteiger partial charge >= 0.3 is 0 Å². The lowest BCUT2D eigenvalue weighted by Crippen LogP contribution is -2.13. The molecule has 6 nitrogen and oxygen atoms in total. The number of anilines is 1. The standard InChI is InChI=1S/C20H19BrN2O4/c1-4-27-18-10-13(9-17(21)19(18)26-3)8-14(12-22)20(24)23-15-6-5-7-16(11-15)25-2/h5-11H,4H2,1-3H3,(H,23,24)/b14-8+. The van der Waals surface area contributed by atoms with Crippen LogP contribution in [-0.2, 0) is 4.79 Å². The summed E-state index contributed by atoms with van der Waals surface area (Å²) in [6.45, 7) is 2.32. The third kappa shape index (κ3) is 5.25. The van der Waals surface area contributed by atoms with Gasteiger partial charge in [-0.1, -0.05) is 6.07 Å². The van der Waals surface area contributed by atoms with Gasteiger partial charge in [-0.25, -0.2) is 0 Å². The fourth-order valence-electron chi connectivity index (χ4n) is 2.35. The highest BCUT2D eigenvalue weighted by Crippen LogP contribution is 2.37. The predicted octanol–water partition coefficient (Wildman–Crippen LogP) is 4.41. The molecule has 0 radical (unpaired) electrons. The summed E-state index contributed by atoms with van der Waals surface area (Å²) < 4.78 is 16.7. The van der Waals surface area contributed by atoms with E-state index in [1.165, 1.54) is 6.08 Å². The summed E-state index contributed by atoms with van der Waals surface area (Å²) in [4.78, 5) is 12.5. The van der Waals surface area contributed by atoms with Gasteiger partial charge in [0, 0.05) is 11.8 Å². The minimum absolute atomic E-state index is 0.0441. The highest BCUT2D eigenvalue weighted by Gasteiger charge is 2.14. The number of nitriles is 1. The van der Waals surface area contributed by atoms with E-state index in [9.17, 15) is 10.1 Å².